The maximum atomic E-state index is 5.94. The molecule has 110 valence electrons. The molecule has 1 fully saturated rings. The normalized spacial score (nSPS) is 28.2. The van der Waals surface area contributed by atoms with Crippen LogP contribution in [0.25, 0.3) is 0 Å². The van der Waals surface area contributed by atoms with E-state index in [4.69, 9.17) is 10.3 Å². The van der Waals surface area contributed by atoms with Gasteiger partial charge in [-0.3, -0.25) is 5.01 Å². The average molecular weight is 294 g/mol. The second kappa shape index (κ2) is 7.00. The van der Waals surface area contributed by atoms with Gasteiger partial charge in [0.05, 0.1) is 12.6 Å². The minimum Gasteiger partial charge on any atom is -0.382 e. The van der Waals surface area contributed by atoms with Gasteiger partial charge < -0.3 is 10.3 Å². The van der Waals surface area contributed by atoms with E-state index >= 15 is 0 Å². The molecule has 0 aromatic rings. The van der Waals surface area contributed by atoms with Crippen molar-refractivity contribution in [2.75, 3.05) is 19.9 Å². The number of amidine groups is 1. The van der Waals surface area contributed by atoms with Crippen LogP contribution in [0.4, 0.5) is 0 Å². The van der Waals surface area contributed by atoms with Gasteiger partial charge in [0, 0.05) is 8.15 Å². The Morgan fingerprint density at radius 1 is 1.55 bits per heavy atom. The van der Waals surface area contributed by atoms with Crippen molar-refractivity contribution in [3.8, 4) is 0 Å². The molecule has 0 bridgehead atoms. The van der Waals surface area contributed by atoms with Gasteiger partial charge in [-0.25, -0.2) is 4.99 Å². The molecule has 2 unspecified atom stereocenters. The number of hydrogen-bond acceptors (Lipinski definition) is 5. The average Bonchev–Trinajstić information content (AvgIpc) is 2.87. The summed E-state index contributed by atoms with van der Waals surface area (Å²) in [5.41, 5.74) is 6.78. The summed E-state index contributed by atoms with van der Waals surface area (Å²) in [6, 6.07) is 0.375. The smallest absolute Gasteiger partial charge is 0.150 e. The van der Waals surface area contributed by atoms with Gasteiger partial charge in [0.25, 0.3) is 0 Å². The van der Waals surface area contributed by atoms with Crippen LogP contribution in [0.15, 0.2) is 34.5 Å². The minimum absolute atomic E-state index is 0.274. The second-order valence-electron chi connectivity index (χ2n) is 5.32. The lowest BCUT2D eigenvalue weighted by Gasteiger charge is -2.29. The number of nitrogens with two attached hydrogens (primary N) is 1. The Hall–Kier alpha value is -1.19. The summed E-state index contributed by atoms with van der Waals surface area (Å²) >= 11 is 0. The van der Waals surface area contributed by atoms with Gasteiger partial charge in [0.1, 0.15) is 12.0 Å². The quantitative estimate of drug-likeness (QED) is 0.792. The first kappa shape index (κ1) is 15.2. The number of rotatable bonds is 5. The summed E-state index contributed by atoms with van der Waals surface area (Å²) in [7, 11) is -0.274. The molecule has 2 rings (SSSR count). The highest BCUT2D eigenvalue weighted by atomic mass is 31.1. The van der Waals surface area contributed by atoms with Gasteiger partial charge in [0.2, 0.25) is 0 Å². The largest absolute Gasteiger partial charge is 0.382 e. The summed E-state index contributed by atoms with van der Waals surface area (Å²) in [6.07, 6.45) is 8.49. The summed E-state index contributed by atoms with van der Waals surface area (Å²) in [5, 5.41) is 6.37. The lowest BCUT2D eigenvalue weighted by Crippen LogP contribution is -2.37. The molecule has 0 amide bonds. The first-order chi connectivity index (χ1) is 9.61. The highest BCUT2D eigenvalue weighted by molar-refractivity contribution is 7.50. The minimum atomic E-state index is -0.274. The fourth-order valence-electron chi connectivity index (χ4n) is 2.63. The van der Waals surface area contributed by atoms with Crippen molar-refractivity contribution in [3.63, 3.8) is 0 Å². The SMILES string of the molecule is C=C/C=C1/C(N)=NC=NN1C1CCC(COP(C)C)C1. The zero-order valence-electron chi connectivity index (χ0n) is 12.2. The van der Waals surface area contributed by atoms with Gasteiger partial charge in [0.15, 0.2) is 5.84 Å². The van der Waals surface area contributed by atoms with Gasteiger partial charge >= 0.3 is 0 Å². The molecule has 2 aliphatic rings. The van der Waals surface area contributed by atoms with Crippen LogP contribution in [0.3, 0.4) is 0 Å². The number of allylic oxidation sites excluding steroid dienone is 2. The molecular formula is C14H23N4OP. The molecule has 0 spiro atoms. The van der Waals surface area contributed by atoms with Gasteiger partial charge in [-0.2, -0.15) is 5.10 Å². The summed E-state index contributed by atoms with van der Waals surface area (Å²) in [6.45, 7) is 8.86. The number of aliphatic imine (C=N–C) groups is 1. The first-order valence-electron chi connectivity index (χ1n) is 6.90. The van der Waals surface area contributed by atoms with E-state index < -0.39 is 0 Å². The predicted molar refractivity (Wildman–Crippen MR) is 86.1 cm³/mol. The fourth-order valence-corrected chi connectivity index (χ4v) is 3.14. The summed E-state index contributed by atoms with van der Waals surface area (Å²) < 4.78 is 5.79. The molecule has 2 atom stereocenters. The van der Waals surface area contributed by atoms with Crippen molar-refractivity contribution in [1.82, 2.24) is 5.01 Å². The van der Waals surface area contributed by atoms with Crippen LogP contribution in [0, 0.1) is 5.92 Å². The molecular weight excluding hydrogens is 271 g/mol. The van der Waals surface area contributed by atoms with Crippen LogP contribution >= 0.6 is 8.15 Å². The maximum absolute atomic E-state index is 5.94. The van der Waals surface area contributed by atoms with E-state index in [2.05, 4.69) is 30.0 Å². The van der Waals surface area contributed by atoms with Crippen molar-refractivity contribution in [1.29, 1.82) is 0 Å². The molecule has 1 aliphatic carbocycles. The lowest BCUT2D eigenvalue weighted by atomic mass is 10.1. The third-order valence-electron chi connectivity index (χ3n) is 3.59. The third-order valence-corrected chi connectivity index (χ3v) is 4.25. The standard InChI is InChI=1S/C14H23N4OP/c1-4-5-13-14(15)16-10-17-18(13)12-7-6-11(8-12)9-19-20(2)3/h4-5,10-12H,1,6-9H2,2-3H3,(H2,15,16,17)/b13-5-. The van der Waals surface area contributed by atoms with Crippen LogP contribution in [0.1, 0.15) is 19.3 Å². The van der Waals surface area contributed by atoms with E-state index in [1.165, 1.54) is 12.8 Å². The lowest BCUT2D eigenvalue weighted by molar-refractivity contribution is 0.243. The molecule has 1 saturated carbocycles. The summed E-state index contributed by atoms with van der Waals surface area (Å²) in [4.78, 5) is 4.05. The Balaban J connectivity index is 1.98. The third kappa shape index (κ3) is 3.68. The Kier molecular flexibility index (Phi) is 5.32. The molecule has 1 aliphatic heterocycles. The van der Waals surface area contributed by atoms with E-state index in [-0.39, 0.29) is 8.15 Å². The number of hydrogen-bond donors (Lipinski definition) is 1. The Labute approximate surface area is 122 Å². The van der Waals surface area contributed by atoms with Crippen molar-refractivity contribution in [2.45, 2.75) is 25.3 Å². The zero-order chi connectivity index (χ0) is 14.5. The first-order valence-corrected chi connectivity index (χ1v) is 9.05. The Bertz CT molecular complexity index is 444. The molecule has 2 N–H and O–H groups in total. The molecule has 1 heterocycles. The molecule has 20 heavy (non-hydrogen) atoms. The zero-order valence-corrected chi connectivity index (χ0v) is 13.1. The Morgan fingerprint density at radius 2 is 2.35 bits per heavy atom. The Morgan fingerprint density at radius 3 is 3.05 bits per heavy atom. The number of hydrazone groups is 1. The van der Waals surface area contributed by atoms with Crippen LogP contribution in [0.5, 0.6) is 0 Å². The fraction of sp³-hybridized carbons (Fsp3) is 0.571. The van der Waals surface area contributed by atoms with E-state index in [9.17, 15) is 0 Å². The van der Waals surface area contributed by atoms with E-state index in [0.717, 1.165) is 25.1 Å². The highest BCUT2D eigenvalue weighted by Gasteiger charge is 2.32. The molecule has 5 nitrogen and oxygen atoms in total. The molecule has 0 saturated heterocycles. The molecule has 6 heteroatoms. The van der Waals surface area contributed by atoms with Crippen molar-refractivity contribution in [2.24, 2.45) is 21.7 Å². The monoisotopic (exact) mass is 294 g/mol. The van der Waals surface area contributed by atoms with E-state index in [1.807, 2.05) is 11.1 Å². The van der Waals surface area contributed by atoms with Crippen molar-refractivity contribution in [3.05, 3.63) is 24.4 Å². The van der Waals surface area contributed by atoms with Crippen molar-refractivity contribution >= 4 is 20.3 Å². The van der Waals surface area contributed by atoms with Crippen molar-refractivity contribution < 1.29 is 4.52 Å². The summed E-state index contributed by atoms with van der Waals surface area (Å²) in [5.74, 6) is 1.12. The highest BCUT2D eigenvalue weighted by Crippen LogP contribution is 2.35. The van der Waals surface area contributed by atoms with Crippen LogP contribution in [0.2, 0.25) is 0 Å². The van der Waals surface area contributed by atoms with E-state index in [1.54, 1.807) is 6.08 Å². The van der Waals surface area contributed by atoms with Crippen LogP contribution < -0.4 is 5.73 Å². The van der Waals surface area contributed by atoms with Gasteiger partial charge in [-0.15, -0.1) is 0 Å². The maximum Gasteiger partial charge on any atom is 0.150 e. The number of nitrogens with zero attached hydrogens (tertiary/aromatic N) is 3. The molecule has 0 radical (unpaired) electrons. The predicted octanol–water partition coefficient (Wildman–Crippen LogP) is 2.51. The van der Waals surface area contributed by atoms with Gasteiger partial charge in [-0.05, 0) is 44.6 Å². The molecule has 0 aromatic carbocycles. The molecule has 0 aromatic heterocycles. The topological polar surface area (TPSA) is 63.2 Å². The van der Waals surface area contributed by atoms with Gasteiger partial charge in [-0.1, -0.05) is 12.7 Å². The second-order valence-corrected chi connectivity index (χ2v) is 7.20. The van der Waals surface area contributed by atoms with Crippen LogP contribution in [-0.4, -0.2) is 43.2 Å². The van der Waals surface area contributed by atoms with Crippen LogP contribution in [-0.2, 0) is 4.52 Å². The van der Waals surface area contributed by atoms with E-state index in [0.29, 0.717) is 17.8 Å².